The number of nitrogens with one attached hydrogen (secondary N) is 3. The van der Waals surface area contributed by atoms with Gasteiger partial charge in [0.25, 0.3) is 0 Å². The van der Waals surface area contributed by atoms with E-state index in [0.29, 0.717) is 31.0 Å². The lowest BCUT2D eigenvalue weighted by Crippen LogP contribution is -2.40. The first kappa shape index (κ1) is 20.7. The first-order valence-electron chi connectivity index (χ1n) is 9.44. The number of carbonyl (C=O) groups excluding carboxylic acids is 1. The van der Waals surface area contributed by atoms with Crippen molar-refractivity contribution < 1.29 is 18.0 Å². The van der Waals surface area contributed by atoms with Crippen molar-refractivity contribution in [1.82, 2.24) is 10.6 Å². The quantitative estimate of drug-likeness (QED) is 0.523. The summed E-state index contributed by atoms with van der Waals surface area (Å²) >= 11 is 0. The van der Waals surface area contributed by atoms with Crippen LogP contribution >= 0.6 is 0 Å². The highest BCUT2D eigenvalue weighted by molar-refractivity contribution is 5.94. The molecule has 8 heteroatoms. The number of halogens is 3. The minimum Gasteiger partial charge on any atom is -0.357 e. The molecular formula is C21H23F3N4O. The highest BCUT2D eigenvalue weighted by atomic mass is 19.4. The van der Waals surface area contributed by atoms with Gasteiger partial charge in [-0.15, -0.1) is 0 Å². The topological polar surface area (TPSA) is 65.5 Å². The number of alkyl halides is 3. The van der Waals surface area contributed by atoms with E-state index in [-0.39, 0.29) is 18.4 Å². The Bertz CT molecular complexity index is 878. The maximum Gasteiger partial charge on any atom is 0.416 e. The summed E-state index contributed by atoms with van der Waals surface area (Å²) in [4.78, 5) is 16.4. The molecule has 0 aromatic heterocycles. The molecular weight excluding hydrogens is 381 g/mol. The number of para-hydroxylation sites is 1. The zero-order chi connectivity index (χ0) is 20.9. The number of rotatable bonds is 5. The van der Waals surface area contributed by atoms with E-state index in [1.807, 2.05) is 31.2 Å². The molecule has 2 aromatic carbocycles. The summed E-state index contributed by atoms with van der Waals surface area (Å²) in [6.45, 7) is 3.33. The fourth-order valence-electron chi connectivity index (χ4n) is 3.22. The Balaban J connectivity index is 1.65. The summed E-state index contributed by atoms with van der Waals surface area (Å²) in [6, 6.07) is 12.7. The van der Waals surface area contributed by atoms with Crippen LogP contribution in [0.15, 0.2) is 53.5 Å². The van der Waals surface area contributed by atoms with Crippen LogP contribution < -0.4 is 16.0 Å². The van der Waals surface area contributed by atoms with Crippen molar-refractivity contribution in [3.8, 4) is 0 Å². The van der Waals surface area contributed by atoms with Crippen molar-refractivity contribution in [3.05, 3.63) is 65.2 Å². The van der Waals surface area contributed by atoms with E-state index in [4.69, 9.17) is 0 Å². The summed E-state index contributed by atoms with van der Waals surface area (Å²) in [5, 5.41) is 9.23. The SMILES string of the molecule is CCNC(=NCc1ccc(C(F)(F)F)cc1)NCC1CC(=O)Nc2ccccc21. The van der Waals surface area contributed by atoms with E-state index in [1.165, 1.54) is 12.1 Å². The summed E-state index contributed by atoms with van der Waals surface area (Å²) in [5.41, 5.74) is 1.89. The Morgan fingerprint density at radius 2 is 1.86 bits per heavy atom. The highest BCUT2D eigenvalue weighted by Crippen LogP contribution is 2.31. The van der Waals surface area contributed by atoms with E-state index < -0.39 is 11.7 Å². The average Bonchev–Trinajstić information content (AvgIpc) is 2.69. The van der Waals surface area contributed by atoms with Gasteiger partial charge in [0, 0.05) is 31.1 Å². The number of hydrogen-bond acceptors (Lipinski definition) is 2. The molecule has 3 rings (SSSR count). The van der Waals surface area contributed by atoms with Crippen molar-refractivity contribution in [2.24, 2.45) is 4.99 Å². The Labute approximate surface area is 167 Å². The Morgan fingerprint density at radius 1 is 1.14 bits per heavy atom. The number of nitrogens with zero attached hydrogens (tertiary/aromatic N) is 1. The third kappa shape index (κ3) is 5.49. The second-order valence-electron chi connectivity index (χ2n) is 6.81. The summed E-state index contributed by atoms with van der Waals surface area (Å²) in [5.74, 6) is 0.535. The number of benzene rings is 2. The fraction of sp³-hybridized carbons (Fsp3) is 0.333. The van der Waals surface area contributed by atoms with Gasteiger partial charge in [0.15, 0.2) is 5.96 Å². The van der Waals surface area contributed by atoms with Crippen LogP contribution in [0.25, 0.3) is 0 Å². The van der Waals surface area contributed by atoms with Crippen molar-refractivity contribution in [1.29, 1.82) is 0 Å². The highest BCUT2D eigenvalue weighted by Gasteiger charge is 2.30. The van der Waals surface area contributed by atoms with Crippen LogP contribution in [0.3, 0.4) is 0 Å². The first-order chi connectivity index (χ1) is 13.9. The van der Waals surface area contributed by atoms with Crippen LogP contribution in [0, 0.1) is 0 Å². The lowest BCUT2D eigenvalue weighted by atomic mass is 9.90. The molecule has 1 aliphatic heterocycles. The normalized spacial score (nSPS) is 16.8. The van der Waals surface area contributed by atoms with Crippen molar-refractivity contribution in [2.75, 3.05) is 18.4 Å². The molecule has 0 spiro atoms. The molecule has 2 aromatic rings. The number of carbonyl (C=O) groups is 1. The van der Waals surface area contributed by atoms with Crippen molar-refractivity contribution in [3.63, 3.8) is 0 Å². The van der Waals surface area contributed by atoms with Gasteiger partial charge in [-0.2, -0.15) is 13.2 Å². The molecule has 0 fully saturated rings. The van der Waals surface area contributed by atoms with Crippen LogP contribution in [0.4, 0.5) is 18.9 Å². The lowest BCUT2D eigenvalue weighted by molar-refractivity contribution is -0.137. The van der Waals surface area contributed by atoms with Crippen molar-refractivity contribution >= 4 is 17.6 Å². The Hall–Kier alpha value is -3.03. The maximum atomic E-state index is 12.7. The number of guanidine groups is 1. The number of fused-ring (bicyclic) bond motifs is 1. The standard InChI is InChI=1S/C21H23F3N4O/c1-2-25-20(26-12-14-7-9-16(10-8-14)21(22,23)24)27-13-15-11-19(29)28-18-6-4-3-5-17(15)18/h3-10,15H,2,11-13H2,1H3,(H,28,29)(H2,25,26,27). The molecule has 0 saturated carbocycles. The van der Waals surface area contributed by atoms with Crippen LogP contribution in [0.2, 0.25) is 0 Å². The fourth-order valence-corrected chi connectivity index (χ4v) is 3.22. The van der Waals surface area contributed by atoms with E-state index in [0.717, 1.165) is 23.4 Å². The van der Waals surface area contributed by atoms with E-state index in [1.54, 1.807) is 0 Å². The summed E-state index contributed by atoms with van der Waals surface area (Å²) < 4.78 is 38.0. The van der Waals surface area contributed by atoms with Gasteiger partial charge < -0.3 is 16.0 Å². The van der Waals surface area contributed by atoms with Gasteiger partial charge in [-0.1, -0.05) is 30.3 Å². The van der Waals surface area contributed by atoms with Crippen LogP contribution in [0.5, 0.6) is 0 Å². The molecule has 0 saturated heterocycles. The molecule has 5 nitrogen and oxygen atoms in total. The molecule has 0 bridgehead atoms. The molecule has 1 unspecified atom stereocenters. The molecule has 29 heavy (non-hydrogen) atoms. The predicted octanol–water partition coefficient (Wildman–Crippen LogP) is 3.89. The number of amides is 1. The molecule has 1 aliphatic rings. The van der Waals surface area contributed by atoms with Gasteiger partial charge in [-0.3, -0.25) is 4.79 Å². The summed E-state index contributed by atoms with van der Waals surface area (Å²) in [7, 11) is 0. The zero-order valence-corrected chi connectivity index (χ0v) is 16.0. The molecule has 3 N–H and O–H groups in total. The molecule has 154 valence electrons. The molecule has 1 amide bonds. The molecule has 0 aliphatic carbocycles. The van der Waals surface area contributed by atoms with Gasteiger partial charge in [0.1, 0.15) is 0 Å². The van der Waals surface area contributed by atoms with Gasteiger partial charge in [-0.05, 0) is 36.2 Å². The number of aliphatic imine (C=N–C) groups is 1. The Morgan fingerprint density at radius 3 is 2.55 bits per heavy atom. The van der Waals surface area contributed by atoms with E-state index in [2.05, 4.69) is 20.9 Å². The minimum absolute atomic E-state index is 0.00914. The largest absolute Gasteiger partial charge is 0.416 e. The monoisotopic (exact) mass is 404 g/mol. The lowest BCUT2D eigenvalue weighted by Gasteiger charge is -2.26. The van der Waals surface area contributed by atoms with Gasteiger partial charge in [-0.25, -0.2) is 4.99 Å². The van der Waals surface area contributed by atoms with E-state index >= 15 is 0 Å². The van der Waals surface area contributed by atoms with Crippen molar-refractivity contribution in [2.45, 2.75) is 32.0 Å². The van der Waals surface area contributed by atoms with Crippen LogP contribution in [-0.2, 0) is 17.5 Å². The maximum absolute atomic E-state index is 12.7. The molecule has 0 radical (unpaired) electrons. The van der Waals surface area contributed by atoms with Gasteiger partial charge in [0.2, 0.25) is 5.91 Å². The Kier molecular flexibility index (Phi) is 6.41. The first-order valence-corrected chi connectivity index (χ1v) is 9.44. The predicted molar refractivity (Wildman–Crippen MR) is 107 cm³/mol. The third-order valence-corrected chi connectivity index (χ3v) is 4.67. The van der Waals surface area contributed by atoms with Gasteiger partial charge >= 0.3 is 6.18 Å². The third-order valence-electron chi connectivity index (χ3n) is 4.67. The van der Waals surface area contributed by atoms with E-state index in [9.17, 15) is 18.0 Å². The second kappa shape index (κ2) is 8.98. The summed E-state index contributed by atoms with van der Waals surface area (Å²) in [6.07, 6.45) is -3.97. The zero-order valence-electron chi connectivity index (χ0n) is 16.0. The second-order valence-corrected chi connectivity index (χ2v) is 6.81. The smallest absolute Gasteiger partial charge is 0.357 e. The van der Waals surface area contributed by atoms with Gasteiger partial charge in [0.05, 0.1) is 12.1 Å². The minimum atomic E-state index is -4.35. The number of anilines is 1. The van der Waals surface area contributed by atoms with Crippen LogP contribution in [-0.4, -0.2) is 25.0 Å². The number of hydrogen-bond donors (Lipinski definition) is 3. The molecule has 1 heterocycles. The molecule has 1 atom stereocenters. The average molecular weight is 404 g/mol. The van der Waals surface area contributed by atoms with Crippen LogP contribution in [0.1, 0.15) is 36.0 Å².